The van der Waals surface area contributed by atoms with E-state index in [0.29, 0.717) is 18.1 Å². The van der Waals surface area contributed by atoms with E-state index in [2.05, 4.69) is 21.9 Å². The normalized spacial score (nSPS) is 11.6. The highest BCUT2D eigenvalue weighted by atomic mass is 15.4. The molecule has 0 aliphatic carbocycles. The minimum atomic E-state index is 0.229. The van der Waals surface area contributed by atoms with Gasteiger partial charge in [-0.3, -0.25) is 0 Å². The largest absolute Gasteiger partial charge is 0.382 e. The molecule has 13 heavy (non-hydrogen) atoms. The number of rotatable bonds is 3. The van der Waals surface area contributed by atoms with Gasteiger partial charge in [0, 0.05) is 12.7 Å². The third-order valence-corrected chi connectivity index (χ3v) is 1.55. The van der Waals surface area contributed by atoms with Crippen molar-refractivity contribution in [2.24, 2.45) is 10.7 Å². The van der Waals surface area contributed by atoms with Crippen LogP contribution < -0.4 is 11.5 Å². The van der Waals surface area contributed by atoms with Crippen LogP contribution >= 0.6 is 0 Å². The molecule has 6 nitrogen and oxygen atoms in total. The third-order valence-electron chi connectivity index (χ3n) is 1.55. The number of nitrogens with two attached hydrogens (primary N) is 2. The van der Waals surface area contributed by atoms with Crippen molar-refractivity contribution in [2.45, 2.75) is 13.5 Å². The molecule has 0 aromatic carbocycles. The maximum atomic E-state index is 5.69. The lowest BCUT2D eigenvalue weighted by Crippen LogP contribution is -2.16. The monoisotopic (exact) mass is 180 g/mol. The maximum Gasteiger partial charge on any atom is 0.171 e. The van der Waals surface area contributed by atoms with Crippen LogP contribution in [0.5, 0.6) is 0 Å². The molecule has 0 aliphatic heterocycles. The first kappa shape index (κ1) is 9.24. The Balaban J connectivity index is 3.09. The topological polar surface area (TPSA) is 95.1 Å². The fourth-order valence-electron chi connectivity index (χ4n) is 0.896. The van der Waals surface area contributed by atoms with Crippen LogP contribution in [0.2, 0.25) is 0 Å². The summed E-state index contributed by atoms with van der Waals surface area (Å²) in [6.07, 6.45) is 1.33. The van der Waals surface area contributed by atoms with Gasteiger partial charge >= 0.3 is 0 Å². The fraction of sp³-hybridized carbons (Fsp3) is 0.286. The predicted molar refractivity (Wildman–Crippen MR) is 51.0 cm³/mol. The second kappa shape index (κ2) is 3.70. The van der Waals surface area contributed by atoms with E-state index >= 15 is 0 Å². The molecule has 0 atom stereocenters. The summed E-state index contributed by atoms with van der Waals surface area (Å²) in [6.45, 7) is 5.98. The Kier molecular flexibility index (Phi) is 2.63. The molecule has 0 bridgehead atoms. The van der Waals surface area contributed by atoms with Gasteiger partial charge < -0.3 is 11.5 Å². The van der Waals surface area contributed by atoms with E-state index in [1.165, 1.54) is 6.20 Å². The summed E-state index contributed by atoms with van der Waals surface area (Å²) in [5.41, 5.74) is 11.6. The number of hydrogen-bond donors (Lipinski definition) is 2. The van der Waals surface area contributed by atoms with Crippen LogP contribution in [-0.4, -0.2) is 20.8 Å². The zero-order valence-corrected chi connectivity index (χ0v) is 7.44. The quantitative estimate of drug-likeness (QED) is 0.494. The van der Waals surface area contributed by atoms with Crippen LogP contribution in [0.1, 0.15) is 12.6 Å². The fourth-order valence-corrected chi connectivity index (χ4v) is 0.896. The van der Waals surface area contributed by atoms with Gasteiger partial charge in [0.25, 0.3) is 0 Å². The van der Waals surface area contributed by atoms with Crippen molar-refractivity contribution in [3.63, 3.8) is 0 Å². The lowest BCUT2D eigenvalue weighted by Gasteiger charge is -1.97. The molecule has 6 heteroatoms. The minimum Gasteiger partial charge on any atom is -0.382 e. The average Bonchev–Trinajstić information content (AvgIpc) is 2.47. The van der Waals surface area contributed by atoms with E-state index in [1.54, 1.807) is 4.68 Å². The SMILES string of the molecule is C=C/N=C(/N)c1nnn(CC)c1N. The molecule has 0 unspecified atom stereocenters. The molecule has 1 heterocycles. The maximum absolute atomic E-state index is 5.69. The Morgan fingerprint density at radius 1 is 1.77 bits per heavy atom. The Hall–Kier alpha value is -1.85. The number of aromatic nitrogens is 3. The van der Waals surface area contributed by atoms with Gasteiger partial charge in [-0.05, 0) is 6.92 Å². The summed E-state index contributed by atoms with van der Waals surface area (Å²) in [5.74, 6) is 0.651. The van der Waals surface area contributed by atoms with Gasteiger partial charge in [0.1, 0.15) is 0 Å². The van der Waals surface area contributed by atoms with Crippen LogP contribution in [0, 0.1) is 0 Å². The van der Waals surface area contributed by atoms with E-state index in [0.717, 1.165) is 0 Å². The van der Waals surface area contributed by atoms with Crippen LogP contribution in [0.4, 0.5) is 5.82 Å². The summed E-state index contributed by atoms with van der Waals surface area (Å²) in [7, 11) is 0. The molecule has 0 fully saturated rings. The molecule has 0 spiro atoms. The summed E-state index contributed by atoms with van der Waals surface area (Å²) < 4.78 is 1.54. The molecule has 1 aromatic rings. The number of anilines is 1. The number of aryl methyl sites for hydroxylation is 1. The first-order chi connectivity index (χ1) is 6.20. The smallest absolute Gasteiger partial charge is 0.171 e. The Bertz CT molecular complexity index is 337. The van der Waals surface area contributed by atoms with Crippen LogP contribution in [-0.2, 0) is 6.54 Å². The van der Waals surface area contributed by atoms with E-state index in [9.17, 15) is 0 Å². The van der Waals surface area contributed by atoms with Crippen LogP contribution in [0.25, 0.3) is 0 Å². The van der Waals surface area contributed by atoms with Crippen LogP contribution in [0.15, 0.2) is 17.8 Å². The van der Waals surface area contributed by atoms with E-state index in [4.69, 9.17) is 11.5 Å². The zero-order valence-electron chi connectivity index (χ0n) is 7.44. The first-order valence-corrected chi connectivity index (χ1v) is 3.84. The van der Waals surface area contributed by atoms with Crippen molar-refractivity contribution in [1.29, 1.82) is 0 Å². The van der Waals surface area contributed by atoms with Crippen molar-refractivity contribution < 1.29 is 0 Å². The van der Waals surface area contributed by atoms with E-state index in [-0.39, 0.29) is 5.84 Å². The number of amidine groups is 1. The highest BCUT2D eigenvalue weighted by molar-refractivity contribution is 5.99. The number of nitrogens with zero attached hydrogens (tertiary/aromatic N) is 4. The standard InChI is InChI=1S/C7H12N6/c1-3-10-6(8)5-7(9)13(4-2)12-11-5/h3H,1,4,9H2,2H3,(H2,8,10). The van der Waals surface area contributed by atoms with Crippen molar-refractivity contribution in [1.82, 2.24) is 15.0 Å². The second-order valence-electron chi connectivity index (χ2n) is 2.34. The lowest BCUT2D eigenvalue weighted by molar-refractivity contribution is 0.634. The van der Waals surface area contributed by atoms with Crippen molar-refractivity contribution >= 4 is 11.7 Å². The molecular weight excluding hydrogens is 168 g/mol. The highest BCUT2D eigenvalue weighted by Crippen LogP contribution is 2.06. The van der Waals surface area contributed by atoms with Gasteiger partial charge in [0.15, 0.2) is 17.3 Å². The summed E-state index contributed by atoms with van der Waals surface area (Å²) in [5, 5.41) is 7.57. The van der Waals surface area contributed by atoms with Gasteiger partial charge in [-0.2, -0.15) is 0 Å². The van der Waals surface area contributed by atoms with Gasteiger partial charge in [-0.1, -0.05) is 11.8 Å². The Labute approximate surface area is 75.9 Å². The molecule has 70 valence electrons. The summed E-state index contributed by atoms with van der Waals surface area (Å²) in [4.78, 5) is 3.77. The van der Waals surface area contributed by atoms with Crippen molar-refractivity contribution in [3.8, 4) is 0 Å². The molecule has 0 saturated heterocycles. The molecule has 0 aliphatic rings. The summed E-state index contributed by atoms with van der Waals surface area (Å²) in [6, 6.07) is 0. The summed E-state index contributed by atoms with van der Waals surface area (Å²) >= 11 is 0. The van der Waals surface area contributed by atoms with Gasteiger partial charge in [-0.25, -0.2) is 9.67 Å². The van der Waals surface area contributed by atoms with Crippen LogP contribution in [0.3, 0.4) is 0 Å². The second-order valence-corrected chi connectivity index (χ2v) is 2.34. The zero-order chi connectivity index (χ0) is 9.84. The van der Waals surface area contributed by atoms with Gasteiger partial charge in [0.2, 0.25) is 0 Å². The molecule has 1 rings (SSSR count). The third kappa shape index (κ3) is 1.66. The molecule has 0 saturated carbocycles. The van der Waals surface area contributed by atoms with Crippen molar-refractivity contribution in [3.05, 3.63) is 18.5 Å². The number of nitrogen functional groups attached to an aromatic ring is 1. The number of hydrogen-bond acceptors (Lipinski definition) is 4. The molecule has 4 N–H and O–H groups in total. The van der Waals surface area contributed by atoms with E-state index in [1.807, 2.05) is 6.92 Å². The lowest BCUT2D eigenvalue weighted by atomic mass is 10.4. The Morgan fingerprint density at radius 2 is 2.46 bits per heavy atom. The van der Waals surface area contributed by atoms with E-state index < -0.39 is 0 Å². The molecule has 0 amide bonds. The molecule has 1 aromatic heterocycles. The van der Waals surface area contributed by atoms with Gasteiger partial charge in [-0.15, -0.1) is 5.10 Å². The van der Waals surface area contributed by atoms with Gasteiger partial charge in [0.05, 0.1) is 0 Å². The van der Waals surface area contributed by atoms with Crippen molar-refractivity contribution in [2.75, 3.05) is 5.73 Å². The number of aliphatic imine (C=N–C) groups is 1. The minimum absolute atomic E-state index is 0.229. The average molecular weight is 180 g/mol. The molecular formula is C7H12N6. The first-order valence-electron chi connectivity index (χ1n) is 3.84. The Morgan fingerprint density at radius 3 is 2.92 bits per heavy atom. The predicted octanol–water partition coefficient (Wildman–Crippen LogP) is -0.271. The molecule has 0 radical (unpaired) electrons. The highest BCUT2D eigenvalue weighted by Gasteiger charge is 2.10.